The minimum absolute atomic E-state index is 0.00583. The topological polar surface area (TPSA) is 31.2 Å². The number of allylic oxidation sites excluding steroid dienone is 2. The summed E-state index contributed by atoms with van der Waals surface area (Å²) >= 11 is 0. The molecular formula is C22H31NO2. The molecule has 1 aromatic rings. The van der Waals surface area contributed by atoms with Crippen LogP contribution in [0.25, 0.3) is 5.57 Å². The fourth-order valence-corrected chi connectivity index (χ4v) is 6.46. The number of nitrogens with zero attached hydrogens (tertiary/aromatic N) is 1. The van der Waals surface area contributed by atoms with Gasteiger partial charge in [-0.1, -0.05) is 19.4 Å². The van der Waals surface area contributed by atoms with E-state index in [0.717, 1.165) is 25.8 Å². The fraction of sp³-hybridized carbons (Fsp3) is 0.682. The lowest BCUT2D eigenvalue weighted by Crippen LogP contribution is -2.53. The highest BCUT2D eigenvalue weighted by atomic mass is 16.5. The highest BCUT2D eigenvalue weighted by Gasteiger charge is 2.58. The lowest BCUT2D eigenvalue weighted by atomic mass is 9.46. The van der Waals surface area contributed by atoms with Gasteiger partial charge >= 0.3 is 5.97 Å². The maximum absolute atomic E-state index is 12.7. The summed E-state index contributed by atoms with van der Waals surface area (Å²) in [7, 11) is 1.55. The molecule has 0 spiro atoms. The van der Waals surface area contributed by atoms with E-state index < -0.39 is 0 Å². The van der Waals surface area contributed by atoms with E-state index in [4.69, 9.17) is 4.74 Å². The zero-order valence-corrected chi connectivity index (χ0v) is 16.1. The molecule has 3 aliphatic rings. The molecule has 3 heteroatoms. The summed E-state index contributed by atoms with van der Waals surface area (Å²) in [6.45, 7) is 7.87. The van der Waals surface area contributed by atoms with Crippen molar-refractivity contribution in [2.24, 2.45) is 22.7 Å². The smallest absolute Gasteiger partial charge is 0.311 e. The normalized spacial score (nSPS) is 36.7. The summed E-state index contributed by atoms with van der Waals surface area (Å²) in [5, 5.41) is 0. The van der Waals surface area contributed by atoms with Crippen molar-refractivity contribution in [2.45, 2.75) is 65.8 Å². The molecule has 0 aromatic carbocycles. The van der Waals surface area contributed by atoms with Crippen molar-refractivity contribution in [3.63, 3.8) is 0 Å². The number of carbonyl (C=O) groups is 1. The molecule has 4 atom stereocenters. The Morgan fingerprint density at radius 2 is 2.16 bits per heavy atom. The standard InChI is InChI=1S/C22H31NO2/c1-5-23-14-11-15-7-9-17-16(19(15)23)8-10-18-21(17,2)12-6-13-22(18,3)20(24)25-4/h8,11,14,17-18H,5-7,9-10,12-13H2,1-4H3/t17?,18-,21-,22+/m1/s1. The van der Waals surface area contributed by atoms with Gasteiger partial charge in [0.2, 0.25) is 0 Å². The third kappa shape index (κ3) is 2.20. The molecular weight excluding hydrogens is 310 g/mol. The molecule has 136 valence electrons. The summed E-state index contributed by atoms with van der Waals surface area (Å²) in [6, 6.07) is 2.31. The molecule has 4 rings (SSSR count). The Morgan fingerprint density at radius 1 is 1.36 bits per heavy atom. The van der Waals surface area contributed by atoms with E-state index in [1.54, 1.807) is 12.7 Å². The van der Waals surface area contributed by atoms with Crippen LogP contribution in [0.1, 0.15) is 64.1 Å². The molecule has 1 fully saturated rings. The first-order valence-corrected chi connectivity index (χ1v) is 9.92. The van der Waals surface area contributed by atoms with Crippen LogP contribution in [0.2, 0.25) is 0 Å². The second-order valence-electron chi connectivity index (χ2n) is 8.78. The van der Waals surface area contributed by atoms with Crippen LogP contribution >= 0.6 is 0 Å². The predicted molar refractivity (Wildman–Crippen MR) is 100 cm³/mol. The van der Waals surface area contributed by atoms with Gasteiger partial charge in [-0.25, -0.2) is 0 Å². The molecule has 1 saturated carbocycles. The first kappa shape index (κ1) is 16.9. The molecule has 0 saturated heterocycles. The van der Waals surface area contributed by atoms with Crippen LogP contribution in [0.3, 0.4) is 0 Å². The van der Waals surface area contributed by atoms with E-state index in [2.05, 4.69) is 43.7 Å². The largest absolute Gasteiger partial charge is 0.469 e. The van der Waals surface area contributed by atoms with E-state index in [9.17, 15) is 4.79 Å². The number of hydrogen-bond acceptors (Lipinski definition) is 2. The monoisotopic (exact) mass is 341 g/mol. The number of methoxy groups -OCH3 is 1. The molecule has 3 nitrogen and oxygen atoms in total. The molecule has 0 aliphatic heterocycles. The second-order valence-corrected chi connectivity index (χ2v) is 8.78. The average Bonchev–Trinajstić information content (AvgIpc) is 3.04. The Morgan fingerprint density at radius 3 is 2.88 bits per heavy atom. The summed E-state index contributed by atoms with van der Waals surface area (Å²) in [6.07, 6.45) is 11.4. The number of aromatic nitrogens is 1. The van der Waals surface area contributed by atoms with Crippen molar-refractivity contribution in [1.29, 1.82) is 0 Å². The molecule has 1 unspecified atom stereocenters. The third-order valence-electron chi connectivity index (χ3n) is 7.74. The molecule has 0 radical (unpaired) electrons. The molecule has 3 aliphatic carbocycles. The minimum atomic E-state index is -0.337. The predicted octanol–water partition coefficient (Wildman–Crippen LogP) is 4.84. The average molecular weight is 341 g/mol. The molecule has 1 heterocycles. The maximum atomic E-state index is 12.7. The number of rotatable bonds is 2. The number of carbonyl (C=O) groups excluding carboxylic acids is 1. The highest BCUT2D eigenvalue weighted by molar-refractivity contribution is 5.78. The SMILES string of the molecule is CCn1ccc2c1C1=CC[C@H]3[C@@](C)(C(=O)OC)CCC[C@]3(C)C1CC2. The van der Waals surface area contributed by atoms with Crippen molar-refractivity contribution in [3.05, 3.63) is 29.6 Å². The van der Waals surface area contributed by atoms with Gasteiger partial charge in [-0.3, -0.25) is 4.79 Å². The molecule has 0 N–H and O–H groups in total. The van der Waals surface area contributed by atoms with E-state index >= 15 is 0 Å². The quantitative estimate of drug-likeness (QED) is 0.721. The van der Waals surface area contributed by atoms with Crippen LogP contribution in [0.4, 0.5) is 0 Å². The summed E-state index contributed by atoms with van der Waals surface area (Å²) < 4.78 is 7.66. The maximum Gasteiger partial charge on any atom is 0.311 e. The van der Waals surface area contributed by atoms with Gasteiger partial charge in [0.05, 0.1) is 12.5 Å². The third-order valence-corrected chi connectivity index (χ3v) is 7.74. The highest BCUT2D eigenvalue weighted by Crippen LogP contribution is 2.63. The Bertz CT molecular complexity index is 717. The van der Waals surface area contributed by atoms with E-state index in [-0.39, 0.29) is 16.8 Å². The minimum Gasteiger partial charge on any atom is -0.469 e. The number of aryl methyl sites for hydroxylation is 2. The number of hydrogen-bond donors (Lipinski definition) is 0. The zero-order chi connectivity index (χ0) is 17.8. The molecule has 0 amide bonds. The van der Waals surface area contributed by atoms with E-state index in [1.165, 1.54) is 30.5 Å². The van der Waals surface area contributed by atoms with Gasteiger partial charge in [0.25, 0.3) is 0 Å². The molecule has 1 aromatic heterocycles. The first-order chi connectivity index (χ1) is 12.0. The lowest BCUT2D eigenvalue weighted by molar-refractivity contribution is -0.165. The number of ether oxygens (including phenoxy) is 1. The van der Waals surface area contributed by atoms with Crippen molar-refractivity contribution < 1.29 is 9.53 Å². The Labute approximate surface area is 151 Å². The van der Waals surface area contributed by atoms with Gasteiger partial charge in [0, 0.05) is 18.4 Å². The summed E-state index contributed by atoms with van der Waals surface area (Å²) in [5.41, 5.74) is 4.41. The number of fused-ring (bicyclic) bond motifs is 5. The number of esters is 1. The Balaban J connectivity index is 1.80. The van der Waals surface area contributed by atoms with Gasteiger partial charge in [0.15, 0.2) is 0 Å². The van der Waals surface area contributed by atoms with Crippen molar-refractivity contribution >= 4 is 11.5 Å². The van der Waals surface area contributed by atoms with E-state index in [1.807, 2.05) is 0 Å². The van der Waals surface area contributed by atoms with Crippen LogP contribution in [0.5, 0.6) is 0 Å². The Hall–Kier alpha value is -1.51. The van der Waals surface area contributed by atoms with Gasteiger partial charge in [-0.05, 0) is 80.4 Å². The van der Waals surface area contributed by atoms with Crippen LogP contribution in [-0.4, -0.2) is 17.6 Å². The molecule has 25 heavy (non-hydrogen) atoms. The summed E-state index contributed by atoms with van der Waals surface area (Å²) in [4.78, 5) is 12.7. The zero-order valence-electron chi connectivity index (χ0n) is 16.1. The summed E-state index contributed by atoms with van der Waals surface area (Å²) in [5.74, 6) is 0.957. The van der Waals surface area contributed by atoms with Crippen molar-refractivity contribution in [3.8, 4) is 0 Å². The van der Waals surface area contributed by atoms with Gasteiger partial charge in [-0.2, -0.15) is 0 Å². The van der Waals surface area contributed by atoms with Crippen molar-refractivity contribution in [2.75, 3.05) is 7.11 Å². The Kier molecular flexibility index (Phi) is 3.90. The van der Waals surface area contributed by atoms with Crippen molar-refractivity contribution in [1.82, 2.24) is 4.57 Å². The van der Waals surface area contributed by atoms with Crippen LogP contribution in [0.15, 0.2) is 18.3 Å². The van der Waals surface area contributed by atoms with E-state index in [0.29, 0.717) is 11.8 Å². The fourth-order valence-electron chi connectivity index (χ4n) is 6.46. The van der Waals surface area contributed by atoms with Crippen LogP contribution < -0.4 is 0 Å². The lowest BCUT2D eigenvalue weighted by Gasteiger charge is -2.57. The van der Waals surface area contributed by atoms with Gasteiger partial charge < -0.3 is 9.30 Å². The van der Waals surface area contributed by atoms with Gasteiger partial charge in [0.1, 0.15) is 0 Å². The first-order valence-electron chi connectivity index (χ1n) is 9.92. The van der Waals surface area contributed by atoms with Gasteiger partial charge in [-0.15, -0.1) is 0 Å². The second kappa shape index (κ2) is 5.75. The van der Waals surface area contributed by atoms with Crippen LogP contribution in [-0.2, 0) is 22.5 Å². The van der Waals surface area contributed by atoms with Crippen LogP contribution in [0, 0.1) is 22.7 Å². The molecule has 0 bridgehead atoms.